The predicted molar refractivity (Wildman–Crippen MR) is 120 cm³/mol. The van der Waals surface area contributed by atoms with Crippen LogP contribution in [0.2, 0.25) is 0 Å². The fourth-order valence-electron chi connectivity index (χ4n) is 4.36. The highest BCUT2D eigenvalue weighted by molar-refractivity contribution is 5.96. The molecule has 4 aromatic rings. The third-order valence-electron chi connectivity index (χ3n) is 6.12. The van der Waals surface area contributed by atoms with E-state index >= 15 is 0 Å². The number of carboxylic acids is 1. The number of aliphatic hydroxyl groups excluding tert-OH is 1. The highest BCUT2D eigenvalue weighted by Crippen LogP contribution is 2.40. The van der Waals surface area contributed by atoms with Gasteiger partial charge in [0.05, 0.1) is 17.0 Å². The van der Waals surface area contributed by atoms with E-state index in [4.69, 9.17) is 4.98 Å². The van der Waals surface area contributed by atoms with E-state index < -0.39 is 12.1 Å². The van der Waals surface area contributed by atoms with Gasteiger partial charge in [0.1, 0.15) is 11.8 Å². The van der Waals surface area contributed by atoms with Gasteiger partial charge in [-0.05, 0) is 60.6 Å². The van der Waals surface area contributed by atoms with Crippen molar-refractivity contribution in [3.8, 4) is 11.1 Å². The summed E-state index contributed by atoms with van der Waals surface area (Å²) in [6, 6.07) is 16.5. The average molecular weight is 412 g/mol. The number of rotatable bonds is 5. The number of pyridine rings is 1. The molecule has 2 N–H and O–H groups in total. The minimum absolute atomic E-state index is 0.262. The number of carbonyl (C=O) groups is 1. The average Bonchev–Trinajstić information content (AvgIpc) is 3.52. The largest absolute Gasteiger partial charge is 0.478 e. The molecule has 2 heterocycles. The minimum atomic E-state index is -0.955. The maximum absolute atomic E-state index is 11.6. The molecule has 1 aliphatic rings. The van der Waals surface area contributed by atoms with Crippen molar-refractivity contribution in [2.45, 2.75) is 38.7 Å². The van der Waals surface area contributed by atoms with E-state index in [0.717, 1.165) is 39.3 Å². The van der Waals surface area contributed by atoms with Crippen LogP contribution < -0.4 is 0 Å². The lowest BCUT2D eigenvalue weighted by molar-refractivity contribution is 0.0697. The number of benzene rings is 2. The first-order valence-corrected chi connectivity index (χ1v) is 10.5. The standard InChI is InChI=1S/C26H24N2O3/c1-15-13-16(2)25-27-22(18-9-10-18)14-28(25)23(15)24(29)19-11-7-17(8-12-19)20-5-3-4-6-21(20)26(30)31/h3-8,11-14,18,24,29H,9-10H2,1-2H3,(H,30,31). The summed E-state index contributed by atoms with van der Waals surface area (Å²) in [7, 11) is 0. The van der Waals surface area contributed by atoms with Crippen molar-refractivity contribution in [1.82, 2.24) is 9.38 Å². The predicted octanol–water partition coefficient (Wildman–Crippen LogP) is 5.28. The molecule has 0 radical (unpaired) electrons. The van der Waals surface area contributed by atoms with Crippen LogP contribution in [0.4, 0.5) is 0 Å². The second-order valence-electron chi connectivity index (χ2n) is 8.40. The van der Waals surface area contributed by atoms with Crippen molar-refractivity contribution in [2.75, 3.05) is 0 Å². The van der Waals surface area contributed by atoms with Gasteiger partial charge < -0.3 is 14.6 Å². The maximum atomic E-state index is 11.6. The zero-order chi connectivity index (χ0) is 21.7. The van der Waals surface area contributed by atoms with E-state index in [-0.39, 0.29) is 5.56 Å². The number of hydrogen-bond donors (Lipinski definition) is 2. The van der Waals surface area contributed by atoms with Gasteiger partial charge in [-0.25, -0.2) is 9.78 Å². The molecule has 5 rings (SSSR count). The monoisotopic (exact) mass is 412 g/mol. The summed E-state index contributed by atoms with van der Waals surface area (Å²) in [5.74, 6) is -0.415. The summed E-state index contributed by atoms with van der Waals surface area (Å²) in [4.78, 5) is 16.4. The fourth-order valence-corrected chi connectivity index (χ4v) is 4.36. The SMILES string of the molecule is Cc1cc(C)c2nc(C3CC3)cn2c1C(O)c1ccc(-c2ccccc2C(=O)O)cc1. The van der Waals surface area contributed by atoms with Gasteiger partial charge >= 0.3 is 5.97 Å². The minimum Gasteiger partial charge on any atom is -0.478 e. The lowest BCUT2D eigenvalue weighted by atomic mass is 9.96. The van der Waals surface area contributed by atoms with Gasteiger partial charge in [0.15, 0.2) is 0 Å². The Morgan fingerprint density at radius 2 is 1.77 bits per heavy atom. The number of aromatic carboxylic acids is 1. The van der Waals surface area contributed by atoms with Crippen molar-refractivity contribution in [3.05, 3.63) is 94.4 Å². The normalized spacial score (nSPS) is 14.7. The molecule has 1 atom stereocenters. The van der Waals surface area contributed by atoms with Gasteiger partial charge in [-0.15, -0.1) is 0 Å². The molecule has 1 saturated carbocycles. The lowest BCUT2D eigenvalue weighted by Crippen LogP contribution is -2.09. The second kappa shape index (κ2) is 7.36. The van der Waals surface area contributed by atoms with Gasteiger partial charge in [-0.3, -0.25) is 0 Å². The van der Waals surface area contributed by atoms with Crippen LogP contribution in [-0.4, -0.2) is 25.6 Å². The molecule has 156 valence electrons. The van der Waals surface area contributed by atoms with Crippen LogP contribution in [0.5, 0.6) is 0 Å². The summed E-state index contributed by atoms with van der Waals surface area (Å²) < 4.78 is 2.04. The molecule has 1 fully saturated rings. The topological polar surface area (TPSA) is 74.8 Å². The summed E-state index contributed by atoms with van der Waals surface area (Å²) in [5.41, 5.74) is 7.41. The Balaban J connectivity index is 1.55. The lowest BCUT2D eigenvalue weighted by Gasteiger charge is -2.18. The van der Waals surface area contributed by atoms with E-state index in [1.165, 1.54) is 12.8 Å². The molecule has 0 saturated heterocycles. The third kappa shape index (κ3) is 3.41. The summed E-state index contributed by atoms with van der Waals surface area (Å²) in [5, 5.41) is 20.8. The van der Waals surface area contributed by atoms with Gasteiger partial charge in [0, 0.05) is 12.1 Å². The van der Waals surface area contributed by atoms with E-state index in [1.807, 2.05) is 41.7 Å². The molecule has 5 heteroatoms. The van der Waals surface area contributed by atoms with Crippen LogP contribution in [-0.2, 0) is 0 Å². The highest BCUT2D eigenvalue weighted by atomic mass is 16.4. The quantitative estimate of drug-likeness (QED) is 0.468. The number of imidazole rings is 1. The molecule has 0 bridgehead atoms. The molecule has 0 aliphatic heterocycles. The van der Waals surface area contributed by atoms with Crippen molar-refractivity contribution < 1.29 is 15.0 Å². The van der Waals surface area contributed by atoms with Crippen molar-refractivity contribution in [3.63, 3.8) is 0 Å². The number of hydrogen-bond acceptors (Lipinski definition) is 3. The molecule has 0 amide bonds. The first kappa shape index (κ1) is 19.5. The van der Waals surface area contributed by atoms with Crippen LogP contribution in [0, 0.1) is 13.8 Å². The van der Waals surface area contributed by atoms with Crippen LogP contribution in [0.3, 0.4) is 0 Å². The smallest absolute Gasteiger partial charge is 0.336 e. The van der Waals surface area contributed by atoms with Gasteiger partial charge in [0.2, 0.25) is 0 Å². The number of aryl methyl sites for hydroxylation is 2. The molecule has 2 aromatic heterocycles. The van der Waals surface area contributed by atoms with Crippen LogP contribution in [0.1, 0.15) is 63.3 Å². The molecule has 31 heavy (non-hydrogen) atoms. The number of fused-ring (bicyclic) bond motifs is 1. The molecule has 0 spiro atoms. The highest BCUT2D eigenvalue weighted by Gasteiger charge is 2.28. The molecule has 5 nitrogen and oxygen atoms in total. The molecule has 2 aromatic carbocycles. The van der Waals surface area contributed by atoms with E-state index in [9.17, 15) is 15.0 Å². The Labute approximate surface area is 180 Å². The summed E-state index contributed by atoms with van der Waals surface area (Å²) in [6.07, 6.45) is 3.62. The number of aromatic nitrogens is 2. The fraction of sp³-hybridized carbons (Fsp3) is 0.231. The Kier molecular flexibility index (Phi) is 4.63. The Morgan fingerprint density at radius 3 is 2.45 bits per heavy atom. The van der Waals surface area contributed by atoms with E-state index in [0.29, 0.717) is 11.5 Å². The van der Waals surface area contributed by atoms with Crippen molar-refractivity contribution >= 4 is 11.6 Å². The zero-order valence-corrected chi connectivity index (χ0v) is 17.5. The van der Waals surface area contributed by atoms with E-state index in [1.54, 1.807) is 18.2 Å². The van der Waals surface area contributed by atoms with Gasteiger partial charge in [-0.1, -0.05) is 48.5 Å². The Bertz CT molecular complexity index is 1300. The first-order chi connectivity index (χ1) is 14.9. The molecule has 1 aliphatic carbocycles. The Hall–Kier alpha value is -3.44. The number of carboxylic acid groups (broad SMARTS) is 1. The number of nitrogens with zero attached hydrogens (tertiary/aromatic N) is 2. The third-order valence-corrected chi connectivity index (χ3v) is 6.12. The van der Waals surface area contributed by atoms with Crippen molar-refractivity contribution in [2.24, 2.45) is 0 Å². The van der Waals surface area contributed by atoms with Crippen LogP contribution in [0.25, 0.3) is 16.8 Å². The van der Waals surface area contributed by atoms with Crippen LogP contribution in [0.15, 0.2) is 60.8 Å². The van der Waals surface area contributed by atoms with Gasteiger partial charge in [-0.2, -0.15) is 0 Å². The Morgan fingerprint density at radius 1 is 1.06 bits per heavy atom. The molecular weight excluding hydrogens is 388 g/mol. The summed E-state index contributed by atoms with van der Waals surface area (Å²) in [6.45, 7) is 4.07. The van der Waals surface area contributed by atoms with Gasteiger partial charge in [0.25, 0.3) is 0 Å². The van der Waals surface area contributed by atoms with Crippen molar-refractivity contribution in [1.29, 1.82) is 0 Å². The second-order valence-corrected chi connectivity index (χ2v) is 8.40. The summed E-state index contributed by atoms with van der Waals surface area (Å²) >= 11 is 0. The van der Waals surface area contributed by atoms with Crippen LogP contribution >= 0.6 is 0 Å². The first-order valence-electron chi connectivity index (χ1n) is 10.5. The molecular formula is C26H24N2O3. The maximum Gasteiger partial charge on any atom is 0.336 e. The molecule has 1 unspecified atom stereocenters. The number of aliphatic hydroxyl groups is 1. The zero-order valence-electron chi connectivity index (χ0n) is 17.5. The van der Waals surface area contributed by atoms with E-state index in [2.05, 4.69) is 19.2 Å².